The zero-order valence-electron chi connectivity index (χ0n) is 9.62. The summed E-state index contributed by atoms with van der Waals surface area (Å²) in [7, 11) is 1.47. The van der Waals surface area contributed by atoms with E-state index in [1.54, 1.807) is 6.92 Å². The van der Waals surface area contributed by atoms with Gasteiger partial charge < -0.3 is 5.32 Å². The SMILES string of the molecule is Cc1cc(S(=O)(=O)Cl)ccc1NC(=O)c1cnns1. The molecule has 0 aliphatic rings. The van der Waals surface area contributed by atoms with Crippen molar-refractivity contribution in [3.63, 3.8) is 0 Å². The van der Waals surface area contributed by atoms with E-state index in [1.165, 1.54) is 24.4 Å². The zero-order chi connectivity index (χ0) is 14.0. The fourth-order valence-corrected chi connectivity index (χ4v) is 2.63. The third-order valence-electron chi connectivity index (χ3n) is 2.31. The number of halogens is 1. The maximum absolute atomic E-state index is 11.8. The Morgan fingerprint density at radius 1 is 1.42 bits per heavy atom. The lowest BCUT2D eigenvalue weighted by Gasteiger charge is -2.08. The van der Waals surface area contributed by atoms with E-state index in [9.17, 15) is 13.2 Å². The van der Waals surface area contributed by atoms with Crippen molar-refractivity contribution in [3.05, 3.63) is 34.8 Å². The summed E-state index contributed by atoms with van der Waals surface area (Å²) in [5, 5.41) is 6.21. The molecule has 2 rings (SSSR count). The minimum Gasteiger partial charge on any atom is -0.321 e. The summed E-state index contributed by atoms with van der Waals surface area (Å²) in [5.74, 6) is -0.348. The molecule has 1 amide bonds. The van der Waals surface area contributed by atoms with Crippen molar-refractivity contribution < 1.29 is 13.2 Å². The molecular formula is C10H8ClN3O3S2. The number of amides is 1. The van der Waals surface area contributed by atoms with Crippen molar-refractivity contribution in [2.24, 2.45) is 0 Å². The van der Waals surface area contributed by atoms with E-state index in [-0.39, 0.29) is 10.8 Å². The predicted octanol–water partition coefficient (Wildman–Crippen LogP) is 2.03. The molecule has 1 N–H and O–H groups in total. The van der Waals surface area contributed by atoms with E-state index in [1.807, 2.05) is 0 Å². The molecule has 0 radical (unpaired) electrons. The molecule has 0 fully saturated rings. The van der Waals surface area contributed by atoms with Crippen LogP contribution >= 0.6 is 22.2 Å². The van der Waals surface area contributed by atoms with Crippen LogP contribution in [0.15, 0.2) is 29.3 Å². The highest BCUT2D eigenvalue weighted by Gasteiger charge is 2.14. The second-order valence-corrected chi connectivity index (χ2v) is 7.00. The third-order valence-corrected chi connectivity index (χ3v) is 4.33. The Balaban J connectivity index is 2.25. The fraction of sp³-hybridized carbons (Fsp3) is 0.100. The Morgan fingerprint density at radius 3 is 2.68 bits per heavy atom. The summed E-state index contributed by atoms with van der Waals surface area (Å²) in [6.07, 6.45) is 1.35. The van der Waals surface area contributed by atoms with Crippen LogP contribution in [0.3, 0.4) is 0 Å². The Kier molecular flexibility index (Phi) is 3.83. The molecule has 1 heterocycles. The largest absolute Gasteiger partial charge is 0.321 e. The first-order chi connectivity index (χ1) is 8.88. The number of aryl methyl sites for hydroxylation is 1. The lowest BCUT2D eigenvalue weighted by atomic mass is 10.2. The number of hydrogen-bond donors (Lipinski definition) is 1. The quantitative estimate of drug-likeness (QED) is 0.875. The molecule has 1 aromatic carbocycles. The number of nitrogens with zero attached hydrogens (tertiary/aromatic N) is 2. The van der Waals surface area contributed by atoms with Crippen LogP contribution < -0.4 is 5.32 Å². The Hall–Kier alpha value is -1.51. The lowest BCUT2D eigenvalue weighted by Crippen LogP contribution is -2.11. The Bertz CT molecular complexity index is 714. The Labute approximate surface area is 118 Å². The van der Waals surface area contributed by atoms with Gasteiger partial charge in [0.05, 0.1) is 11.1 Å². The highest BCUT2D eigenvalue weighted by molar-refractivity contribution is 8.13. The summed E-state index contributed by atoms with van der Waals surface area (Å²) >= 11 is 0.973. The minimum absolute atomic E-state index is 0.0101. The van der Waals surface area contributed by atoms with E-state index < -0.39 is 9.05 Å². The first-order valence-corrected chi connectivity index (χ1v) is 8.10. The number of anilines is 1. The van der Waals surface area contributed by atoms with Crippen molar-refractivity contribution in [1.29, 1.82) is 0 Å². The van der Waals surface area contributed by atoms with E-state index in [4.69, 9.17) is 10.7 Å². The molecule has 6 nitrogen and oxygen atoms in total. The normalized spacial score (nSPS) is 11.3. The van der Waals surface area contributed by atoms with Crippen LogP contribution in [-0.4, -0.2) is 23.9 Å². The van der Waals surface area contributed by atoms with E-state index in [2.05, 4.69) is 14.9 Å². The molecule has 0 aliphatic carbocycles. The van der Waals surface area contributed by atoms with Gasteiger partial charge in [0, 0.05) is 16.4 Å². The number of carbonyl (C=O) groups is 1. The van der Waals surface area contributed by atoms with Crippen LogP contribution in [0.5, 0.6) is 0 Å². The van der Waals surface area contributed by atoms with Gasteiger partial charge in [-0.25, -0.2) is 8.42 Å². The van der Waals surface area contributed by atoms with Crippen LogP contribution in [0.25, 0.3) is 0 Å². The molecule has 1 aromatic heterocycles. The molecule has 19 heavy (non-hydrogen) atoms. The number of rotatable bonds is 3. The second-order valence-electron chi connectivity index (χ2n) is 3.65. The van der Waals surface area contributed by atoms with Crippen molar-refractivity contribution in [2.75, 3.05) is 5.32 Å². The first kappa shape index (κ1) is 13.9. The van der Waals surface area contributed by atoms with Crippen LogP contribution in [-0.2, 0) is 9.05 Å². The standard InChI is InChI=1S/C10H8ClN3O3S2/c1-6-4-7(19(11,16)17)2-3-8(6)13-10(15)9-5-12-14-18-9/h2-5H,1H3,(H,13,15). The third kappa shape index (κ3) is 3.28. The van der Waals surface area contributed by atoms with Gasteiger partial charge in [0.2, 0.25) is 0 Å². The molecule has 0 bridgehead atoms. The van der Waals surface area contributed by atoms with Gasteiger partial charge in [-0.1, -0.05) is 4.49 Å². The van der Waals surface area contributed by atoms with E-state index in [0.717, 1.165) is 11.5 Å². The molecule has 0 atom stereocenters. The summed E-state index contributed by atoms with van der Waals surface area (Å²) in [4.78, 5) is 12.1. The number of carbonyl (C=O) groups excluding carboxylic acids is 1. The summed E-state index contributed by atoms with van der Waals surface area (Å²) in [5.41, 5.74) is 1.09. The smallest absolute Gasteiger partial charge is 0.269 e. The van der Waals surface area contributed by atoms with Crippen molar-refractivity contribution in [1.82, 2.24) is 9.59 Å². The number of nitrogens with one attached hydrogen (secondary N) is 1. The van der Waals surface area contributed by atoms with Crippen LogP contribution in [0.1, 0.15) is 15.2 Å². The van der Waals surface area contributed by atoms with Crippen LogP contribution in [0, 0.1) is 6.92 Å². The minimum atomic E-state index is -3.77. The summed E-state index contributed by atoms with van der Waals surface area (Å²) < 4.78 is 25.9. The van der Waals surface area contributed by atoms with Crippen LogP contribution in [0.2, 0.25) is 0 Å². The summed E-state index contributed by atoms with van der Waals surface area (Å²) in [6, 6.07) is 4.20. The molecule has 0 spiro atoms. The molecule has 0 aliphatic heterocycles. The maximum Gasteiger partial charge on any atom is 0.269 e. The molecular weight excluding hydrogens is 310 g/mol. The van der Waals surface area contributed by atoms with Gasteiger partial charge in [-0.05, 0) is 42.2 Å². The predicted molar refractivity (Wildman–Crippen MR) is 72.1 cm³/mol. The van der Waals surface area contributed by atoms with Gasteiger partial charge in [0.15, 0.2) is 0 Å². The first-order valence-electron chi connectivity index (χ1n) is 5.02. The average molecular weight is 318 g/mol. The Morgan fingerprint density at radius 2 is 2.16 bits per heavy atom. The van der Waals surface area contributed by atoms with E-state index >= 15 is 0 Å². The lowest BCUT2D eigenvalue weighted by molar-refractivity contribution is 0.103. The van der Waals surface area contributed by atoms with Gasteiger partial charge >= 0.3 is 0 Å². The molecule has 0 unspecified atom stereocenters. The number of hydrogen-bond acceptors (Lipinski definition) is 6. The monoisotopic (exact) mass is 317 g/mol. The second kappa shape index (κ2) is 5.24. The maximum atomic E-state index is 11.8. The van der Waals surface area contributed by atoms with E-state index in [0.29, 0.717) is 16.1 Å². The van der Waals surface area contributed by atoms with Crippen molar-refractivity contribution in [3.8, 4) is 0 Å². The van der Waals surface area contributed by atoms with Gasteiger partial charge in [-0.15, -0.1) is 5.10 Å². The van der Waals surface area contributed by atoms with Crippen LogP contribution in [0.4, 0.5) is 5.69 Å². The topological polar surface area (TPSA) is 89.0 Å². The highest BCUT2D eigenvalue weighted by atomic mass is 35.7. The van der Waals surface area contributed by atoms with Gasteiger partial charge in [0.25, 0.3) is 15.0 Å². The number of benzene rings is 1. The molecule has 0 saturated carbocycles. The van der Waals surface area contributed by atoms with Gasteiger partial charge in [-0.3, -0.25) is 4.79 Å². The van der Waals surface area contributed by atoms with Gasteiger partial charge in [-0.2, -0.15) is 0 Å². The highest BCUT2D eigenvalue weighted by Crippen LogP contribution is 2.22. The zero-order valence-corrected chi connectivity index (χ0v) is 12.0. The molecule has 9 heteroatoms. The molecule has 0 saturated heterocycles. The summed E-state index contributed by atoms with van der Waals surface area (Å²) in [6.45, 7) is 1.67. The van der Waals surface area contributed by atoms with Crippen molar-refractivity contribution >= 4 is 42.9 Å². The van der Waals surface area contributed by atoms with Gasteiger partial charge in [0.1, 0.15) is 4.88 Å². The average Bonchev–Trinajstić information content (AvgIpc) is 2.84. The molecule has 2 aromatic rings. The number of aromatic nitrogens is 2. The molecule has 100 valence electrons. The fourth-order valence-electron chi connectivity index (χ4n) is 1.38. The van der Waals surface area contributed by atoms with Crippen molar-refractivity contribution in [2.45, 2.75) is 11.8 Å².